The lowest BCUT2D eigenvalue weighted by Crippen LogP contribution is -2.36. The Balaban J connectivity index is 1.69. The lowest BCUT2D eigenvalue weighted by atomic mass is 10.4. The molecule has 1 aromatic heterocycles. The highest BCUT2D eigenvalue weighted by Gasteiger charge is 2.28. The van der Waals surface area contributed by atoms with Crippen molar-refractivity contribution >= 4 is 17.2 Å². The third kappa shape index (κ3) is 3.02. The molecule has 1 saturated carbocycles. The molecule has 0 aromatic carbocycles. The minimum atomic E-state index is 0.184. The molecule has 1 N–H and O–H groups in total. The van der Waals surface area contributed by atoms with E-state index in [9.17, 15) is 4.79 Å². The van der Waals surface area contributed by atoms with Crippen LogP contribution in [0.1, 0.15) is 22.7 Å². The second-order valence-corrected chi connectivity index (χ2v) is 5.50. The highest BCUT2D eigenvalue weighted by atomic mass is 32.1. The van der Waals surface area contributed by atoms with Crippen LogP contribution in [-0.2, 0) is 11.3 Å². The average Bonchev–Trinajstić information content (AvgIpc) is 3.02. The summed E-state index contributed by atoms with van der Waals surface area (Å²) in [5, 5.41) is 4.23. The van der Waals surface area contributed by atoms with Gasteiger partial charge < -0.3 is 10.2 Å². The monoisotopic (exact) mass is 239 g/mol. The summed E-state index contributed by atoms with van der Waals surface area (Å²) in [6.07, 6.45) is 4.19. The van der Waals surface area contributed by atoms with Crippen molar-refractivity contribution in [2.75, 3.05) is 13.6 Å². The number of nitrogens with one attached hydrogen (secondary N) is 1. The standard InChI is InChI=1S/C11H17N3OS/c1-8-13-6-10(16-8)5-12-7-11(15)14(2)9-3-4-9/h6,9,12H,3-5,7H2,1-2H3. The number of carbonyl (C=O) groups is 1. The fraction of sp³-hybridized carbons (Fsp3) is 0.636. The third-order valence-electron chi connectivity index (χ3n) is 2.73. The Morgan fingerprint density at radius 1 is 1.69 bits per heavy atom. The van der Waals surface area contributed by atoms with Crippen LogP contribution >= 0.6 is 11.3 Å². The van der Waals surface area contributed by atoms with Gasteiger partial charge in [0.1, 0.15) is 0 Å². The second kappa shape index (κ2) is 4.93. The Kier molecular flexibility index (Phi) is 3.56. The van der Waals surface area contributed by atoms with Crippen LogP contribution in [0.3, 0.4) is 0 Å². The van der Waals surface area contributed by atoms with Crippen LogP contribution in [0, 0.1) is 6.92 Å². The molecule has 1 aliphatic rings. The molecule has 0 unspecified atom stereocenters. The minimum absolute atomic E-state index is 0.184. The molecule has 0 saturated heterocycles. The van der Waals surface area contributed by atoms with Gasteiger partial charge in [-0.15, -0.1) is 11.3 Å². The molecule has 1 amide bonds. The number of carbonyl (C=O) groups excluding carboxylic acids is 1. The van der Waals surface area contributed by atoms with Crippen LogP contribution in [0.15, 0.2) is 6.20 Å². The third-order valence-corrected chi connectivity index (χ3v) is 3.65. The van der Waals surface area contributed by atoms with Gasteiger partial charge in [-0.05, 0) is 19.8 Å². The molecule has 0 aliphatic heterocycles. The summed E-state index contributed by atoms with van der Waals surface area (Å²) in [7, 11) is 1.89. The molecule has 1 heterocycles. The number of hydrogen-bond acceptors (Lipinski definition) is 4. The Bertz CT molecular complexity index is 373. The number of nitrogens with zero attached hydrogens (tertiary/aromatic N) is 2. The number of amides is 1. The predicted molar refractivity (Wildman–Crippen MR) is 64.3 cm³/mol. The molecule has 88 valence electrons. The summed E-state index contributed by atoms with van der Waals surface area (Å²) >= 11 is 1.67. The molecule has 4 nitrogen and oxygen atoms in total. The maximum absolute atomic E-state index is 11.7. The van der Waals surface area contributed by atoms with Crippen molar-refractivity contribution in [1.82, 2.24) is 15.2 Å². The summed E-state index contributed by atoms with van der Waals surface area (Å²) in [4.78, 5) is 18.9. The van der Waals surface area contributed by atoms with E-state index in [1.54, 1.807) is 11.3 Å². The van der Waals surface area contributed by atoms with Crippen LogP contribution in [0.2, 0.25) is 0 Å². The first-order valence-corrected chi connectivity index (χ1v) is 6.36. The zero-order valence-corrected chi connectivity index (χ0v) is 10.5. The lowest BCUT2D eigenvalue weighted by Gasteiger charge is -2.16. The van der Waals surface area contributed by atoms with Crippen LogP contribution < -0.4 is 5.32 Å². The molecule has 5 heteroatoms. The Morgan fingerprint density at radius 3 is 3.00 bits per heavy atom. The van der Waals surface area contributed by atoms with Crippen LogP contribution in [0.4, 0.5) is 0 Å². The summed E-state index contributed by atoms with van der Waals surface area (Å²) < 4.78 is 0. The smallest absolute Gasteiger partial charge is 0.236 e. The van der Waals surface area contributed by atoms with Crippen LogP contribution in [-0.4, -0.2) is 35.4 Å². The lowest BCUT2D eigenvalue weighted by molar-refractivity contribution is -0.129. The van der Waals surface area contributed by atoms with Gasteiger partial charge in [0.25, 0.3) is 0 Å². The van der Waals surface area contributed by atoms with Gasteiger partial charge in [0.2, 0.25) is 5.91 Å². The number of aromatic nitrogens is 1. The number of likely N-dealkylation sites (N-methyl/N-ethyl adjacent to an activating group) is 1. The molecular weight excluding hydrogens is 222 g/mol. The summed E-state index contributed by atoms with van der Waals surface area (Å²) in [6.45, 7) is 3.14. The minimum Gasteiger partial charge on any atom is -0.342 e. The molecule has 0 spiro atoms. The van der Waals surface area contributed by atoms with Crippen molar-refractivity contribution in [2.45, 2.75) is 32.4 Å². The van der Waals surface area contributed by atoms with Crippen molar-refractivity contribution in [3.05, 3.63) is 16.1 Å². The first-order chi connectivity index (χ1) is 7.66. The summed E-state index contributed by atoms with van der Waals surface area (Å²) in [6, 6.07) is 0.500. The molecule has 1 aliphatic carbocycles. The van der Waals surface area contributed by atoms with Crippen LogP contribution in [0.25, 0.3) is 0 Å². The maximum Gasteiger partial charge on any atom is 0.236 e. The Labute approximate surface area is 99.7 Å². The maximum atomic E-state index is 11.7. The number of hydrogen-bond donors (Lipinski definition) is 1. The zero-order chi connectivity index (χ0) is 11.5. The van der Waals surface area contributed by atoms with Gasteiger partial charge in [-0.2, -0.15) is 0 Å². The number of rotatable bonds is 5. The van der Waals surface area contributed by atoms with Gasteiger partial charge >= 0.3 is 0 Å². The fourth-order valence-corrected chi connectivity index (χ4v) is 2.33. The second-order valence-electron chi connectivity index (χ2n) is 4.18. The van der Waals surface area contributed by atoms with Crippen molar-refractivity contribution in [1.29, 1.82) is 0 Å². The average molecular weight is 239 g/mol. The molecule has 1 fully saturated rings. The normalized spacial score (nSPS) is 15.1. The topological polar surface area (TPSA) is 45.2 Å². The summed E-state index contributed by atoms with van der Waals surface area (Å²) in [5.74, 6) is 0.184. The van der Waals surface area contributed by atoms with Gasteiger partial charge in [-0.25, -0.2) is 4.98 Å². The predicted octanol–water partition coefficient (Wildman–Crippen LogP) is 1.16. The largest absolute Gasteiger partial charge is 0.342 e. The van der Waals surface area contributed by atoms with Crippen molar-refractivity contribution in [2.24, 2.45) is 0 Å². The molecule has 2 rings (SSSR count). The van der Waals surface area contributed by atoms with Crippen molar-refractivity contribution in [3.8, 4) is 0 Å². The van der Waals surface area contributed by atoms with Crippen molar-refractivity contribution in [3.63, 3.8) is 0 Å². The van der Waals surface area contributed by atoms with E-state index in [-0.39, 0.29) is 5.91 Å². The Hall–Kier alpha value is -0.940. The molecular formula is C11H17N3OS. The molecule has 0 atom stereocenters. The van der Waals surface area contributed by atoms with Crippen LogP contribution in [0.5, 0.6) is 0 Å². The van der Waals surface area contributed by atoms with Gasteiger partial charge in [-0.1, -0.05) is 0 Å². The molecule has 0 bridgehead atoms. The Morgan fingerprint density at radius 2 is 2.44 bits per heavy atom. The van der Waals surface area contributed by atoms with Gasteiger partial charge in [0.05, 0.1) is 11.6 Å². The molecule has 0 radical (unpaired) electrons. The van der Waals surface area contributed by atoms with E-state index < -0.39 is 0 Å². The SMILES string of the molecule is Cc1ncc(CNCC(=O)N(C)C2CC2)s1. The van der Waals surface area contributed by atoms with E-state index in [0.717, 1.165) is 24.4 Å². The van der Waals surface area contributed by atoms with E-state index in [0.29, 0.717) is 12.6 Å². The van der Waals surface area contributed by atoms with E-state index >= 15 is 0 Å². The quantitative estimate of drug-likeness (QED) is 0.838. The van der Waals surface area contributed by atoms with Gasteiger partial charge in [0.15, 0.2) is 0 Å². The zero-order valence-electron chi connectivity index (χ0n) is 9.69. The van der Waals surface area contributed by atoms with E-state index in [4.69, 9.17) is 0 Å². The highest BCUT2D eigenvalue weighted by molar-refractivity contribution is 7.11. The van der Waals surface area contributed by atoms with Crippen molar-refractivity contribution < 1.29 is 4.79 Å². The van der Waals surface area contributed by atoms with E-state index in [1.807, 2.05) is 25.1 Å². The van der Waals surface area contributed by atoms with E-state index in [2.05, 4.69) is 10.3 Å². The summed E-state index contributed by atoms with van der Waals surface area (Å²) in [5.41, 5.74) is 0. The molecule has 1 aromatic rings. The van der Waals surface area contributed by atoms with Gasteiger partial charge in [0, 0.05) is 30.7 Å². The van der Waals surface area contributed by atoms with Gasteiger partial charge in [-0.3, -0.25) is 4.79 Å². The van der Waals surface area contributed by atoms with E-state index in [1.165, 1.54) is 4.88 Å². The highest BCUT2D eigenvalue weighted by Crippen LogP contribution is 2.25. The fourth-order valence-electron chi connectivity index (χ4n) is 1.57. The molecule has 16 heavy (non-hydrogen) atoms. The first-order valence-electron chi connectivity index (χ1n) is 5.54. The first kappa shape index (κ1) is 11.5. The number of thiazole rings is 1. The number of aryl methyl sites for hydroxylation is 1.